The Labute approximate surface area is 131 Å². The van der Waals surface area contributed by atoms with Crippen LogP contribution in [0.15, 0.2) is 24.5 Å². The van der Waals surface area contributed by atoms with Gasteiger partial charge in [-0.1, -0.05) is 0 Å². The van der Waals surface area contributed by atoms with Gasteiger partial charge in [-0.25, -0.2) is 0 Å². The third kappa shape index (κ3) is 3.47. The minimum Gasteiger partial charge on any atom is -0.479 e. The summed E-state index contributed by atoms with van der Waals surface area (Å²) in [7, 11) is 0. The molecule has 2 aliphatic heterocycles. The van der Waals surface area contributed by atoms with E-state index in [0.29, 0.717) is 11.2 Å². The fourth-order valence-electron chi connectivity index (χ4n) is 3.20. The lowest BCUT2D eigenvalue weighted by atomic mass is 9.86. The van der Waals surface area contributed by atoms with Crippen LogP contribution in [0.1, 0.15) is 19.8 Å². The van der Waals surface area contributed by atoms with Crippen molar-refractivity contribution in [3.63, 3.8) is 0 Å². The molecule has 2 atom stereocenters. The molecule has 2 aliphatic rings. The number of amides is 1. The first kappa shape index (κ1) is 16.0. The smallest absolute Gasteiger partial charge is 0.263 e. The lowest BCUT2D eigenvalue weighted by molar-refractivity contribution is -0.137. The maximum Gasteiger partial charge on any atom is 0.263 e. The number of likely N-dealkylation sites (tertiary alicyclic amines) is 1. The molecule has 1 spiro atoms. The predicted molar refractivity (Wildman–Crippen MR) is 82.7 cm³/mol. The van der Waals surface area contributed by atoms with Crippen molar-refractivity contribution in [2.75, 3.05) is 26.2 Å². The van der Waals surface area contributed by atoms with Crippen LogP contribution in [0.25, 0.3) is 0 Å². The average molecular weight is 312 g/mol. The molecule has 1 aromatic rings. The molecule has 2 saturated heterocycles. The number of pyridine rings is 1. The van der Waals surface area contributed by atoms with Gasteiger partial charge in [0.2, 0.25) is 0 Å². The summed E-state index contributed by atoms with van der Waals surface area (Å²) in [5, 5.41) is 3.41. The van der Waals surface area contributed by atoms with Crippen LogP contribution >= 0.6 is 12.4 Å². The molecule has 0 aliphatic carbocycles. The van der Waals surface area contributed by atoms with E-state index in [2.05, 4.69) is 10.3 Å². The third-order valence-electron chi connectivity index (χ3n) is 4.38. The number of hydrogen-bond donors (Lipinski definition) is 1. The molecule has 116 valence electrons. The van der Waals surface area contributed by atoms with Crippen molar-refractivity contribution in [1.82, 2.24) is 15.2 Å². The van der Waals surface area contributed by atoms with Crippen molar-refractivity contribution >= 4 is 18.3 Å². The van der Waals surface area contributed by atoms with Gasteiger partial charge in [0, 0.05) is 31.2 Å². The van der Waals surface area contributed by atoms with E-state index in [9.17, 15) is 4.79 Å². The average Bonchev–Trinajstić information content (AvgIpc) is 3.10. The number of ether oxygens (including phenoxy) is 1. The summed E-state index contributed by atoms with van der Waals surface area (Å²) in [6.07, 6.45) is 5.15. The highest BCUT2D eigenvalue weighted by Gasteiger charge is 2.42. The molecule has 1 aromatic heterocycles. The summed E-state index contributed by atoms with van der Waals surface area (Å²) in [6.45, 7) is 5.63. The molecule has 0 bridgehead atoms. The van der Waals surface area contributed by atoms with Gasteiger partial charge in [0.15, 0.2) is 6.10 Å². The zero-order valence-corrected chi connectivity index (χ0v) is 13.1. The second-order valence-corrected chi connectivity index (χ2v) is 5.89. The molecule has 21 heavy (non-hydrogen) atoms. The Hall–Kier alpha value is -1.33. The van der Waals surface area contributed by atoms with Crippen molar-refractivity contribution in [2.45, 2.75) is 25.9 Å². The van der Waals surface area contributed by atoms with Crippen LogP contribution in [0.3, 0.4) is 0 Å². The molecule has 3 heterocycles. The fourth-order valence-corrected chi connectivity index (χ4v) is 3.20. The maximum absolute atomic E-state index is 12.4. The first-order valence-corrected chi connectivity index (χ1v) is 7.25. The Bertz CT molecular complexity index is 477. The molecule has 2 fully saturated rings. The highest BCUT2D eigenvalue weighted by Crippen LogP contribution is 2.36. The first-order valence-electron chi connectivity index (χ1n) is 7.25. The second kappa shape index (κ2) is 6.62. The molecule has 0 saturated carbocycles. The van der Waals surface area contributed by atoms with Gasteiger partial charge in [-0.15, -0.1) is 12.4 Å². The lowest BCUT2D eigenvalue weighted by Crippen LogP contribution is -2.40. The number of carbonyl (C=O) groups excluding carboxylic acids is 1. The van der Waals surface area contributed by atoms with Gasteiger partial charge in [0.05, 0.1) is 6.20 Å². The number of rotatable bonds is 3. The summed E-state index contributed by atoms with van der Waals surface area (Å²) in [4.78, 5) is 18.4. The third-order valence-corrected chi connectivity index (χ3v) is 4.38. The van der Waals surface area contributed by atoms with Crippen molar-refractivity contribution in [2.24, 2.45) is 5.41 Å². The Morgan fingerprint density at radius 3 is 3.05 bits per heavy atom. The van der Waals surface area contributed by atoms with Crippen LogP contribution in [0, 0.1) is 5.41 Å². The summed E-state index contributed by atoms with van der Waals surface area (Å²) in [5.41, 5.74) is 0.309. The summed E-state index contributed by atoms with van der Waals surface area (Å²) in [6, 6.07) is 3.63. The maximum atomic E-state index is 12.4. The van der Waals surface area contributed by atoms with Crippen molar-refractivity contribution in [3.05, 3.63) is 24.5 Å². The van der Waals surface area contributed by atoms with E-state index in [4.69, 9.17) is 4.74 Å². The zero-order valence-electron chi connectivity index (χ0n) is 12.2. The first-order chi connectivity index (χ1) is 9.69. The van der Waals surface area contributed by atoms with E-state index in [1.54, 1.807) is 12.4 Å². The number of hydrogen-bond acceptors (Lipinski definition) is 4. The van der Waals surface area contributed by atoms with Crippen LogP contribution < -0.4 is 10.1 Å². The van der Waals surface area contributed by atoms with E-state index in [1.165, 1.54) is 6.42 Å². The van der Waals surface area contributed by atoms with E-state index in [0.717, 1.165) is 32.6 Å². The minimum absolute atomic E-state index is 0. The van der Waals surface area contributed by atoms with Gasteiger partial charge in [0.1, 0.15) is 5.75 Å². The molecule has 1 N–H and O–H groups in total. The highest BCUT2D eigenvalue weighted by molar-refractivity contribution is 5.85. The number of halogens is 1. The summed E-state index contributed by atoms with van der Waals surface area (Å²) < 4.78 is 5.67. The van der Waals surface area contributed by atoms with Gasteiger partial charge in [-0.3, -0.25) is 9.78 Å². The highest BCUT2D eigenvalue weighted by atomic mass is 35.5. The van der Waals surface area contributed by atoms with E-state index in [1.807, 2.05) is 24.0 Å². The minimum atomic E-state index is -0.455. The molecule has 2 unspecified atom stereocenters. The molecule has 0 aromatic carbocycles. The Morgan fingerprint density at radius 2 is 2.38 bits per heavy atom. The largest absolute Gasteiger partial charge is 0.479 e. The topological polar surface area (TPSA) is 54.5 Å². The van der Waals surface area contributed by atoms with Gasteiger partial charge >= 0.3 is 0 Å². The van der Waals surface area contributed by atoms with Gasteiger partial charge in [-0.2, -0.15) is 0 Å². The number of nitrogens with zero attached hydrogens (tertiary/aromatic N) is 2. The monoisotopic (exact) mass is 311 g/mol. The van der Waals surface area contributed by atoms with Crippen molar-refractivity contribution in [1.29, 1.82) is 0 Å². The van der Waals surface area contributed by atoms with Crippen molar-refractivity contribution in [3.8, 4) is 5.75 Å². The zero-order chi connectivity index (χ0) is 14.0. The molecule has 3 rings (SSSR count). The molecule has 5 nitrogen and oxygen atoms in total. The number of nitrogens with one attached hydrogen (secondary N) is 1. The van der Waals surface area contributed by atoms with Crippen LogP contribution in [-0.2, 0) is 4.79 Å². The number of carbonyl (C=O) groups is 1. The van der Waals surface area contributed by atoms with Crippen LogP contribution in [0.2, 0.25) is 0 Å². The molecule has 6 heteroatoms. The normalized spacial score (nSPS) is 25.7. The van der Waals surface area contributed by atoms with Crippen molar-refractivity contribution < 1.29 is 9.53 Å². The van der Waals surface area contributed by atoms with Gasteiger partial charge < -0.3 is 15.0 Å². The SMILES string of the molecule is CC(Oc1cccnc1)C(=O)N1CCC2(CCNC2)C1.Cl. The lowest BCUT2D eigenvalue weighted by Gasteiger charge is -2.25. The van der Waals surface area contributed by atoms with E-state index >= 15 is 0 Å². The van der Waals surface area contributed by atoms with Gasteiger partial charge in [0.25, 0.3) is 5.91 Å². The van der Waals surface area contributed by atoms with E-state index in [-0.39, 0.29) is 18.3 Å². The Balaban J connectivity index is 0.00000161. The standard InChI is InChI=1S/C15H21N3O2.ClH/c1-12(20-13-3-2-6-16-9-13)14(19)18-8-5-15(11-18)4-7-17-10-15;/h2-3,6,9,12,17H,4-5,7-8,10-11H2,1H3;1H. The van der Waals surface area contributed by atoms with E-state index < -0.39 is 6.10 Å². The van der Waals surface area contributed by atoms with Gasteiger partial charge in [-0.05, 0) is 38.4 Å². The quantitative estimate of drug-likeness (QED) is 0.919. The second-order valence-electron chi connectivity index (χ2n) is 5.89. The Morgan fingerprint density at radius 1 is 1.52 bits per heavy atom. The molecular weight excluding hydrogens is 290 g/mol. The summed E-state index contributed by atoms with van der Waals surface area (Å²) in [5.74, 6) is 0.724. The van der Waals surface area contributed by atoms with Crippen LogP contribution in [-0.4, -0.2) is 48.1 Å². The predicted octanol–water partition coefficient (Wildman–Crippen LogP) is 1.48. The molecule has 0 radical (unpaired) electrons. The van der Waals surface area contributed by atoms with Crippen LogP contribution in [0.4, 0.5) is 0 Å². The number of aromatic nitrogens is 1. The molecule has 1 amide bonds. The Kier molecular flexibility index (Phi) is 5.06. The molecular formula is C15H22ClN3O2. The van der Waals surface area contributed by atoms with Crippen LogP contribution in [0.5, 0.6) is 5.75 Å². The summed E-state index contributed by atoms with van der Waals surface area (Å²) >= 11 is 0. The fraction of sp³-hybridized carbons (Fsp3) is 0.600.